The lowest BCUT2D eigenvalue weighted by Crippen LogP contribution is -2.57. The van der Waals surface area contributed by atoms with Crippen LogP contribution in [0.25, 0.3) is 0 Å². The fourth-order valence-corrected chi connectivity index (χ4v) is 4.62. The summed E-state index contributed by atoms with van der Waals surface area (Å²) in [5, 5.41) is 0.185. The van der Waals surface area contributed by atoms with Gasteiger partial charge in [-0.05, 0) is 50.7 Å². The van der Waals surface area contributed by atoms with Crippen molar-refractivity contribution in [1.29, 1.82) is 0 Å². The Bertz CT molecular complexity index is 707. The number of nitrogens with two attached hydrogens (primary N) is 1. The molecule has 1 aromatic carbocycles. The van der Waals surface area contributed by atoms with Gasteiger partial charge in [-0.25, -0.2) is 4.39 Å². The van der Waals surface area contributed by atoms with E-state index in [-0.39, 0.29) is 40.9 Å². The molecule has 28 heavy (non-hydrogen) atoms. The van der Waals surface area contributed by atoms with Gasteiger partial charge in [-0.3, -0.25) is 4.79 Å². The first-order chi connectivity index (χ1) is 13.5. The van der Waals surface area contributed by atoms with Crippen LogP contribution in [-0.2, 0) is 9.53 Å². The molecule has 1 aromatic rings. The fraction of sp³-hybridized carbons (Fsp3) is 0.667. The van der Waals surface area contributed by atoms with Crippen LogP contribution in [0.2, 0.25) is 5.02 Å². The molecule has 2 saturated heterocycles. The lowest BCUT2D eigenvalue weighted by molar-refractivity contribution is -0.139. The first-order valence-electron chi connectivity index (χ1n) is 10.4. The maximum Gasteiger partial charge on any atom is 0.226 e. The third kappa shape index (κ3) is 4.29. The zero-order valence-electron chi connectivity index (χ0n) is 16.2. The second-order valence-electron chi connectivity index (χ2n) is 8.27. The molecule has 2 aliphatic heterocycles. The summed E-state index contributed by atoms with van der Waals surface area (Å²) in [5.41, 5.74) is 7.09. The highest BCUT2D eigenvalue weighted by Gasteiger charge is 2.40. The monoisotopic (exact) mass is 409 g/mol. The van der Waals surface area contributed by atoms with E-state index in [4.69, 9.17) is 22.1 Å². The summed E-state index contributed by atoms with van der Waals surface area (Å²) in [6.07, 6.45) is 5.78. The lowest BCUT2D eigenvalue weighted by atomic mass is 9.96. The number of ether oxygens (including phenoxy) is 1. The standard InChI is InChI=1S/C21H29ClFN3O2/c22-20-16(23)3-1-5-18(20)25-11-8-15(9-12-25)28-13-19-17(24)4-2-10-26(19)21(27)14-6-7-14/h1,3,5,14-15,17,19H,2,4,6-13,24H2/t17-,19-/m0/s1. The van der Waals surface area contributed by atoms with Crippen LogP contribution >= 0.6 is 11.6 Å². The molecule has 2 N–H and O–H groups in total. The summed E-state index contributed by atoms with van der Waals surface area (Å²) in [6.45, 7) is 2.85. The van der Waals surface area contributed by atoms with Gasteiger partial charge in [-0.15, -0.1) is 0 Å². The number of amides is 1. The second-order valence-corrected chi connectivity index (χ2v) is 8.65. The summed E-state index contributed by atoms with van der Waals surface area (Å²) in [5.74, 6) is 0.0932. The maximum absolute atomic E-state index is 13.7. The predicted molar refractivity (Wildman–Crippen MR) is 108 cm³/mol. The van der Waals surface area contributed by atoms with Crippen LogP contribution in [0.5, 0.6) is 0 Å². The molecule has 7 heteroatoms. The number of rotatable bonds is 5. The van der Waals surface area contributed by atoms with Gasteiger partial charge in [0.25, 0.3) is 0 Å². The number of anilines is 1. The molecule has 0 spiro atoms. The Hall–Kier alpha value is -1.37. The van der Waals surface area contributed by atoms with E-state index < -0.39 is 0 Å². The molecular weight excluding hydrogens is 381 g/mol. The van der Waals surface area contributed by atoms with Crippen LogP contribution in [0.1, 0.15) is 38.5 Å². The highest BCUT2D eigenvalue weighted by atomic mass is 35.5. The van der Waals surface area contributed by atoms with Crippen molar-refractivity contribution in [3.8, 4) is 0 Å². The molecule has 2 heterocycles. The van der Waals surface area contributed by atoms with Gasteiger partial charge in [0.15, 0.2) is 0 Å². The minimum Gasteiger partial charge on any atom is -0.376 e. The zero-order valence-corrected chi connectivity index (χ0v) is 16.9. The minimum absolute atomic E-state index is 0.0114. The first-order valence-corrected chi connectivity index (χ1v) is 10.8. The number of carbonyl (C=O) groups excluding carboxylic acids is 1. The van der Waals surface area contributed by atoms with E-state index in [2.05, 4.69) is 4.90 Å². The van der Waals surface area contributed by atoms with Gasteiger partial charge in [0, 0.05) is 31.6 Å². The highest BCUT2D eigenvalue weighted by molar-refractivity contribution is 6.33. The Balaban J connectivity index is 1.30. The largest absolute Gasteiger partial charge is 0.376 e. The van der Waals surface area contributed by atoms with Gasteiger partial charge >= 0.3 is 0 Å². The van der Waals surface area contributed by atoms with Crippen molar-refractivity contribution in [2.45, 2.75) is 56.7 Å². The van der Waals surface area contributed by atoms with Gasteiger partial charge in [-0.1, -0.05) is 17.7 Å². The molecule has 0 aromatic heterocycles. The number of nitrogens with zero attached hydrogens (tertiary/aromatic N) is 2. The lowest BCUT2D eigenvalue weighted by Gasteiger charge is -2.41. The van der Waals surface area contributed by atoms with Crippen molar-refractivity contribution < 1.29 is 13.9 Å². The SMILES string of the molecule is N[C@H]1CCCN(C(=O)C2CC2)[C@H]1COC1CCN(c2cccc(F)c2Cl)CC1. The van der Waals surface area contributed by atoms with Crippen molar-refractivity contribution in [2.24, 2.45) is 11.7 Å². The second kappa shape index (κ2) is 8.56. The molecule has 2 atom stereocenters. The number of likely N-dealkylation sites (tertiary alicyclic amines) is 1. The summed E-state index contributed by atoms with van der Waals surface area (Å²) >= 11 is 6.12. The average Bonchev–Trinajstić information content (AvgIpc) is 3.54. The van der Waals surface area contributed by atoms with Crippen LogP contribution in [-0.4, -0.2) is 55.2 Å². The van der Waals surface area contributed by atoms with Crippen molar-refractivity contribution in [3.05, 3.63) is 29.0 Å². The summed E-state index contributed by atoms with van der Waals surface area (Å²) in [6, 6.07) is 4.90. The molecule has 4 rings (SSSR count). The van der Waals surface area contributed by atoms with Crippen molar-refractivity contribution >= 4 is 23.2 Å². The molecule has 154 valence electrons. The van der Waals surface area contributed by atoms with E-state index >= 15 is 0 Å². The van der Waals surface area contributed by atoms with Crippen molar-refractivity contribution in [1.82, 2.24) is 4.90 Å². The van der Waals surface area contributed by atoms with E-state index in [9.17, 15) is 9.18 Å². The number of carbonyl (C=O) groups is 1. The summed E-state index contributed by atoms with van der Waals surface area (Å²) in [7, 11) is 0. The maximum atomic E-state index is 13.7. The van der Waals surface area contributed by atoms with Crippen LogP contribution in [0.4, 0.5) is 10.1 Å². The normalized spacial score (nSPS) is 26.5. The molecule has 3 aliphatic rings. The van der Waals surface area contributed by atoms with E-state index in [1.54, 1.807) is 6.07 Å². The molecule has 1 amide bonds. The van der Waals surface area contributed by atoms with Gasteiger partial charge in [0.1, 0.15) is 5.82 Å². The van der Waals surface area contributed by atoms with Crippen LogP contribution in [0, 0.1) is 11.7 Å². The first kappa shape index (κ1) is 19.9. The Labute approximate surface area is 170 Å². The average molecular weight is 410 g/mol. The van der Waals surface area contributed by atoms with Crippen molar-refractivity contribution in [2.75, 3.05) is 31.1 Å². The van der Waals surface area contributed by atoms with Crippen LogP contribution < -0.4 is 10.6 Å². The Morgan fingerprint density at radius 3 is 2.64 bits per heavy atom. The molecule has 0 radical (unpaired) electrons. The Morgan fingerprint density at radius 2 is 1.93 bits per heavy atom. The number of benzene rings is 1. The molecule has 1 aliphatic carbocycles. The summed E-state index contributed by atoms with van der Waals surface area (Å²) in [4.78, 5) is 16.7. The molecule has 3 fully saturated rings. The third-order valence-electron chi connectivity index (χ3n) is 6.26. The number of hydrogen-bond acceptors (Lipinski definition) is 4. The van der Waals surface area contributed by atoms with Crippen molar-refractivity contribution in [3.63, 3.8) is 0 Å². The summed E-state index contributed by atoms with van der Waals surface area (Å²) < 4.78 is 19.9. The Kier molecular flexibility index (Phi) is 6.09. The molecule has 0 bridgehead atoms. The fourth-order valence-electron chi connectivity index (χ4n) is 4.37. The topological polar surface area (TPSA) is 58.8 Å². The van der Waals surface area contributed by atoms with Crippen LogP contribution in [0.3, 0.4) is 0 Å². The van der Waals surface area contributed by atoms with Crippen LogP contribution in [0.15, 0.2) is 18.2 Å². The minimum atomic E-state index is -0.385. The van der Waals surface area contributed by atoms with Gasteiger partial charge in [0.05, 0.1) is 29.5 Å². The zero-order chi connectivity index (χ0) is 19.7. The number of piperidine rings is 2. The van der Waals surface area contributed by atoms with Gasteiger partial charge in [0.2, 0.25) is 5.91 Å². The Morgan fingerprint density at radius 1 is 1.18 bits per heavy atom. The highest BCUT2D eigenvalue weighted by Crippen LogP contribution is 2.34. The molecular formula is C21H29ClFN3O2. The van der Waals surface area contributed by atoms with E-state index in [0.29, 0.717) is 6.61 Å². The van der Waals surface area contributed by atoms with Gasteiger partial charge < -0.3 is 20.3 Å². The van der Waals surface area contributed by atoms with E-state index in [1.165, 1.54) is 6.07 Å². The third-order valence-corrected chi connectivity index (χ3v) is 6.63. The van der Waals surface area contributed by atoms with E-state index in [1.807, 2.05) is 11.0 Å². The quantitative estimate of drug-likeness (QED) is 0.811. The molecule has 0 unspecified atom stereocenters. The number of hydrogen-bond donors (Lipinski definition) is 1. The number of halogens is 2. The van der Waals surface area contributed by atoms with Gasteiger partial charge in [-0.2, -0.15) is 0 Å². The van der Waals surface area contributed by atoms with E-state index in [0.717, 1.165) is 63.8 Å². The predicted octanol–water partition coefficient (Wildman–Crippen LogP) is 3.19. The molecule has 5 nitrogen and oxygen atoms in total. The smallest absolute Gasteiger partial charge is 0.226 e. The molecule has 1 saturated carbocycles.